The van der Waals surface area contributed by atoms with Crippen LogP contribution in [0.15, 0.2) is 28.7 Å². The monoisotopic (exact) mass is 303 g/mol. The second-order valence-electron chi connectivity index (χ2n) is 6.12. The SMILES string of the molecule is Cc1nnc(CN2CCC[C@H](CCc3ccc(F)cc3)C2)o1. The van der Waals surface area contributed by atoms with Crippen LogP contribution in [-0.4, -0.2) is 28.2 Å². The minimum Gasteiger partial charge on any atom is -0.424 e. The Labute approximate surface area is 130 Å². The van der Waals surface area contributed by atoms with Crippen molar-refractivity contribution in [3.63, 3.8) is 0 Å². The molecule has 1 aliphatic heterocycles. The van der Waals surface area contributed by atoms with Crippen LogP contribution < -0.4 is 0 Å². The molecule has 0 spiro atoms. The van der Waals surface area contributed by atoms with Gasteiger partial charge >= 0.3 is 0 Å². The van der Waals surface area contributed by atoms with Crippen molar-refractivity contribution in [1.29, 1.82) is 0 Å². The van der Waals surface area contributed by atoms with Crippen molar-refractivity contribution in [1.82, 2.24) is 15.1 Å². The van der Waals surface area contributed by atoms with Gasteiger partial charge in [0.15, 0.2) is 0 Å². The summed E-state index contributed by atoms with van der Waals surface area (Å²) in [6.07, 6.45) is 4.63. The van der Waals surface area contributed by atoms with Crippen molar-refractivity contribution in [3.8, 4) is 0 Å². The van der Waals surface area contributed by atoms with E-state index >= 15 is 0 Å². The summed E-state index contributed by atoms with van der Waals surface area (Å²) in [5.74, 6) is 1.85. The number of halogens is 1. The summed E-state index contributed by atoms with van der Waals surface area (Å²) in [5, 5.41) is 7.95. The molecular formula is C17H22FN3O. The highest BCUT2D eigenvalue weighted by Crippen LogP contribution is 2.22. The van der Waals surface area contributed by atoms with Crippen LogP contribution in [0.25, 0.3) is 0 Å². The Hall–Kier alpha value is -1.75. The van der Waals surface area contributed by atoms with Gasteiger partial charge in [-0.2, -0.15) is 0 Å². The second kappa shape index (κ2) is 7.01. The lowest BCUT2D eigenvalue weighted by Crippen LogP contribution is -2.35. The normalized spacial score (nSPS) is 19.5. The molecule has 0 radical (unpaired) electrons. The van der Waals surface area contributed by atoms with Crippen molar-refractivity contribution >= 4 is 0 Å². The summed E-state index contributed by atoms with van der Waals surface area (Å²) in [6, 6.07) is 6.86. The van der Waals surface area contributed by atoms with E-state index in [2.05, 4.69) is 15.1 Å². The topological polar surface area (TPSA) is 42.2 Å². The van der Waals surface area contributed by atoms with Crippen molar-refractivity contribution in [2.45, 2.75) is 39.2 Å². The van der Waals surface area contributed by atoms with Gasteiger partial charge in [-0.15, -0.1) is 10.2 Å². The smallest absolute Gasteiger partial charge is 0.230 e. The van der Waals surface area contributed by atoms with Gasteiger partial charge in [0.05, 0.1) is 6.54 Å². The fraction of sp³-hybridized carbons (Fsp3) is 0.529. The Morgan fingerprint density at radius 1 is 1.27 bits per heavy atom. The van der Waals surface area contributed by atoms with E-state index in [-0.39, 0.29) is 5.82 Å². The molecule has 1 saturated heterocycles. The van der Waals surface area contributed by atoms with Crippen LogP contribution in [0.1, 0.15) is 36.6 Å². The molecule has 2 heterocycles. The van der Waals surface area contributed by atoms with E-state index in [1.807, 2.05) is 19.1 Å². The number of piperidine rings is 1. The molecule has 0 saturated carbocycles. The largest absolute Gasteiger partial charge is 0.424 e. The molecular weight excluding hydrogens is 281 g/mol. The maximum absolute atomic E-state index is 12.9. The Balaban J connectivity index is 1.49. The highest BCUT2D eigenvalue weighted by Gasteiger charge is 2.21. The number of aromatic nitrogens is 2. The number of rotatable bonds is 5. The summed E-state index contributed by atoms with van der Waals surface area (Å²) < 4.78 is 18.4. The number of aryl methyl sites for hydroxylation is 2. The van der Waals surface area contributed by atoms with Gasteiger partial charge in [-0.3, -0.25) is 4.90 Å². The summed E-state index contributed by atoms with van der Waals surface area (Å²) in [5.41, 5.74) is 1.21. The summed E-state index contributed by atoms with van der Waals surface area (Å²) in [6.45, 7) is 4.73. The predicted octanol–water partition coefficient (Wildman–Crippen LogP) is 3.36. The van der Waals surface area contributed by atoms with Gasteiger partial charge in [0.2, 0.25) is 11.8 Å². The zero-order valence-corrected chi connectivity index (χ0v) is 13.0. The fourth-order valence-electron chi connectivity index (χ4n) is 3.15. The lowest BCUT2D eigenvalue weighted by molar-refractivity contribution is 0.149. The molecule has 1 aromatic carbocycles. The number of benzene rings is 1. The number of hydrogen-bond acceptors (Lipinski definition) is 4. The van der Waals surface area contributed by atoms with Crippen LogP contribution in [0.5, 0.6) is 0 Å². The van der Waals surface area contributed by atoms with Crippen molar-refractivity contribution in [2.24, 2.45) is 5.92 Å². The van der Waals surface area contributed by atoms with E-state index in [0.29, 0.717) is 17.7 Å². The minimum absolute atomic E-state index is 0.164. The van der Waals surface area contributed by atoms with Gasteiger partial charge < -0.3 is 4.42 Å². The molecule has 1 atom stereocenters. The molecule has 1 aromatic heterocycles. The standard InChI is InChI=1S/C17H22FN3O/c1-13-19-20-17(22-13)12-21-10-2-3-15(11-21)5-4-14-6-8-16(18)9-7-14/h6-9,15H,2-5,10-12H2,1H3/t15-/m1/s1. The van der Waals surface area contributed by atoms with Crippen LogP contribution in [0.3, 0.4) is 0 Å². The number of likely N-dealkylation sites (tertiary alicyclic amines) is 1. The molecule has 0 bridgehead atoms. The lowest BCUT2D eigenvalue weighted by Gasteiger charge is -2.31. The quantitative estimate of drug-likeness (QED) is 0.849. The third kappa shape index (κ3) is 4.13. The summed E-state index contributed by atoms with van der Waals surface area (Å²) >= 11 is 0. The Morgan fingerprint density at radius 3 is 2.82 bits per heavy atom. The first-order valence-corrected chi connectivity index (χ1v) is 7.95. The average molecular weight is 303 g/mol. The number of hydrogen-bond donors (Lipinski definition) is 0. The predicted molar refractivity (Wildman–Crippen MR) is 81.8 cm³/mol. The first-order valence-electron chi connectivity index (χ1n) is 7.95. The molecule has 4 nitrogen and oxygen atoms in total. The van der Waals surface area contributed by atoms with Gasteiger partial charge in [0.25, 0.3) is 0 Å². The summed E-state index contributed by atoms with van der Waals surface area (Å²) in [4.78, 5) is 2.39. The Kier molecular flexibility index (Phi) is 4.83. The number of nitrogens with zero attached hydrogens (tertiary/aromatic N) is 3. The molecule has 118 valence electrons. The molecule has 1 aliphatic rings. The van der Waals surface area contributed by atoms with Gasteiger partial charge in [0, 0.05) is 13.5 Å². The van der Waals surface area contributed by atoms with E-state index in [1.165, 1.54) is 18.4 Å². The van der Waals surface area contributed by atoms with E-state index in [9.17, 15) is 4.39 Å². The van der Waals surface area contributed by atoms with Crippen LogP contribution in [-0.2, 0) is 13.0 Å². The van der Waals surface area contributed by atoms with Gasteiger partial charge in [-0.1, -0.05) is 12.1 Å². The first-order chi connectivity index (χ1) is 10.7. The van der Waals surface area contributed by atoms with Crippen molar-refractivity contribution in [2.75, 3.05) is 13.1 Å². The molecule has 0 aliphatic carbocycles. The van der Waals surface area contributed by atoms with Gasteiger partial charge in [0.1, 0.15) is 5.82 Å². The Bertz CT molecular complexity index is 596. The third-order valence-corrected chi connectivity index (χ3v) is 4.28. The van der Waals surface area contributed by atoms with E-state index in [1.54, 1.807) is 12.1 Å². The fourth-order valence-corrected chi connectivity index (χ4v) is 3.15. The Morgan fingerprint density at radius 2 is 2.09 bits per heavy atom. The highest BCUT2D eigenvalue weighted by molar-refractivity contribution is 5.16. The van der Waals surface area contributed by atoms with Crippen LogP contribution in [0, 0.1) is 18.7 Å². The molecule has 0 N–H and O–H groups in total. The maximum Gasteiger partial charge on any atom is 0.230 e. The van der Waals surface area contributed by atoms with Crippen molar-refractivity contribution < 1.29 is 8.81 Å². The average Bonchev–Trinajstić information content (AvgIpc) is 2.92. The summed E-state index contributed by atoms with van der Waals surface area (Å²) in [7, 11) is 0. The maximum atomic E-state index is 12.9. The zero-order valence-electron chi connectivity index (χ0n) is 13.0. The molecule has 1 fully saturated rings. The van der Waals surface area contributed by atoms with Crippen molar-refractivity contribution in [3.05, 3.63) is 47.4 Å². The molecule has 0 unspecified atom stereocenters. The highest BCUT2D eigenvalue weighted by atomic mass is 19.1. The van der Waals surface area contributed by atoms with E-state index in [4.69, 9.17) is 4.42 Å². The third-order valence-electron chi connectivity index (χ3n) is 4.28. The lowest BCUT2D eigenvalue weighted by atomic mass is 9.91. The first kappa shape index (κ1) is 15.2. The van der Waals surface area contributed by atoms with E-state index < -0.39 is 0 Å². The second-order valence-corrected chi connectivity index (χ2v) is 6.12. The van der Waals surface area contributed by atoms with Crippen LogP contribution in [0.2, 0.25) is 0 Å². The molecule has 0 amide bonds. The van der Waals surface area contributed by atoms with E-state index in [0.717, 1.165) is 32.5 Å². The zero-order chi connectivity index (χ0) is 15.4. The molecule has 2 aromatic rings. The van der Waals surface area contributed by atoms with Gasteiger partial charge in [-0.05, 0) is 55.8 Å². The molecule has 22 heavy (non-hydrogen) atoms. The van der Waals surface area contributed by atoms with Crippen LogP contribution in [0.4, 0.5) is 4.39 Å². The molecule has 5 heteroatoms. The van der Waals surface area contributed by atoms with Crippen LogP contribution >= 0.6 is 0 Å². The minimum atomic E-state index is -0.164. The van der Waals surface area contributed by atoms with Gasteiger partial charge in [-0.25, -0.2) is 4.39 Å². The molecule has 3 rings (SSSR count).